The van der Waals surface area contributed by atoms with Gasteiger partial charge in [0, 0.05) is 27.8 Å². The standard InChI is InChI=1S/C41H39N3O7S/c1-5-51-34-19-13-12-18-32(34)43-41(47)38(27-14-8-6-9-15-27)52-31-22-20-30(21-23-31)42-40(46)33(44-39(45)28-16-10-7-11-17-28)24-29-25-36(49-3)37(50-4)26-35(29)48-2/h6-26,38H,5H2,1-4H3,(H,42,46)(H,43,47)(H,44,45)/b33-24-. The molecule has 10 nitrogen and oxygen atoms in total. The lowest BCUT2D eigenvalue weighted by Crippen LogP contribution is -2.30. The third kappa shape index (κ3) is 9.52. The van der Waals surface area contributed by atoms with Crippen molar-refractivity contribution in [2.75, 3.05) is 38.6 Å². The number of benzene rings is 5. The number of para-hydroxylation sites is 2. The Balaban J connectivity index is 1.39. The molecule has 0 radical (unpaired) electrons. The summed E-state index contributed by atoms with van der Waals surface area (Å²) in [4.78, 5) is 41.5. The fourth-order valence-electron chi connectivity index (χ4n) is 5.17. The minimum atomic E-state index is -0.587. The van der Waals surface area contributed by atoms with E-state index in [1.54, 1.807) is 60.7 Å². The lowest BCUT2D eigenvalue weighted by atomic mass is 10.1. The van der Waals surface area contributed by atoms with E-state index in [-0.39, 0.29) is 11.6 Å². The van der Waals surface area contributed by atoms with E-state index in [9.17, 15) is 14.4 Å². The minimum absolute atomic E-state index is 0.0361. The highest BCUT2D eigenvalue weighted by Crippen LogP contribution is 2.38. The molecule has 0 aliphatic rings. The molecule has 3 amide bonds. The number of rotatable bonds is 15. The summed E-state index contributed by atoms with van der Waals surface area (Å²) in [5.74, 6) is 0.590. The highest BCUT2D eigenvalue weighted by atomic mass is 32.2. The fraction of sp³-hybridized carbons (Fsp3) is 0.146. The molecule has 3 N–H and O–H groups in total. The number of methoxy groups -OCH3 is 3. The van der Waals surface area contributed by atoms with Crippen LogP contribution in [0.4, 0.5) is 11.4 Å². The lowest BCUT2D eigenvalue weighted by Gasteiger charge is -2.19. The Kier molecular flexibility index (Phi) is 12.9. The van der Waals surface area contributed by atoms with Crippen LogP contribution in [0.25, 0.3) is 6.08 Å². The average molecular weight is 718 g/mol. The number of hydrogen-bond acceptors (Lipinski definition) is 8. The summed E-state index contributed by atoms with van der Waals surface area (Å²) in [5, 5.41) is 8.06. The normalized spacial score (nSPS) is 11.5. The van der Waals surface area contributed by atoms with Crippen molar-refractivity contribution >= 4 is 46.9 Å². The highest BCUT2D eigenvalue weighted by molar-refractivity contribution is 8.00. The van der Waals surface area contributed by atoms with Crippen LogP contribution in [0.1, 0.15) is 33.7 Å². The van der Waals surface area contributed by atoms with Gasteiger partial charge >= 0.3 is 0 Å². The largest absolute Gasteiger partial charge is 0.496 e. The molecule has 0 saturated carbocycles. The Morgan fingerprint density at radius 3 is 1.96 bits per heavy atom. The maximum Gasteiger partial charge on any atom is 0.272 e. The summed E-state index contributed by atoms with van der Waals surface area (Å²) in [5.41, 5.74) is 2.69. The van der Waals surface area contributed by atoms with Gasteiger partial charge in [0.25, 0.3) is 11.8 Å². The zero-order chi connectivity index (χ0) is 36.9. The van der Waals surface area contributed by atoms with E-state index < -0.39 is 17.1 Å². The molecule has 5 aromatic rings. The van der Waals surface area contributed by atoms with Crippen LogP contribution in [-0.2, 0) is 9.59 Å². The number of hydrogen-bond donors (Lipinski definition) is 3. The van der Waals surface area contributed by atoms with Crippen molar-refractivity contribution in [1.82, 2.24) is 5.32 Å². The van der Waals surface area contributed by atoms with Gasteiger partial charge in [-0.2, -0.15) is 0 Å². The van der Waals surface area contributed by atoms with Gasteiger partial charge in [-0.1, -0.05) is 60.7 Å². The van der Waals surface area contributed by atoms with Crippen LogP contribution in [0.3, 0.4) is 0 Å². The van der Waals surface area contributed by atoms with Crippen LogP contribution < -0.4 is 34.9 Å². The van der Waals surface area contributed by atoms with E-state index >= 15 is 0 Å². The third-order valence-corrected chi connectivity index (χ3v) is 8.98. The first-order valence-electron chi connectivity index (χ1n) is 16.4. The zero-order valence-electron chi connectivity index (χ0n) is 29.2. The molecule has 0 aliphatic heterocycles. The Hall–Kier alpha value is -6.20. The summed E-state index contributed by atoms with van der Waals surface area (Å²) in [6.07, 6.45) is 1.51. The highest BCUT2D eigenvalue weighted by Gasteiger charge is 2.24. The van der Waals surface area contributed by atoms with Gasteiger partial charge < -0.3 is 34.9 Å². The molecule has 5 rings (SSSR count). The number of anilines is 2. The number of ether oxygens (including phenoxy) is 4. The van der Waals surface area contributed by atoms with E-state index in [0.29, 0.717) is 52.1 Å². The van der Waals surface area contributed by atoms with Gasteiger partial charge in [-0.25, -0.2) is 0 Å². The lowest BCUT2D eigenvalue weighted by molar-refractivity contribution is -0.116. The van der Waals surface area contributed by atoms with Crippen molar-refractivity contribution in [2.45, 2.75) is 17.1 Å². The maximum atomic E-state index is 13.8. The summed E-state index contributed by atoms with van der Waals surface area (Å²) in [7, 11) is 4.50. The van der Waals surface area contributed by atoms with Crippen LogP contribution in [-0.4, -0.2) is 45.7 Å². The number of amides is 3. The topological polar surface area (TPSA) is 124 Å². The Morgan fingerprint density at radius 2 is 1.31 bits per heavy atom. The van der Waals surface area contributed by atoms with Crippen LogP contribution in [0, 0.1) is 0 Å². The Labute approximate surface area is 307 Å². The summed E-state index contributed by atoms with van der Waals surface area (Å²) < 4.78 is 22.1. The minimum Gasteiger partial charge on any atom is -0.496 e. The molecule has 0 fully saturated rings. The van der Waals surface area contributed by atoms with Crippen molar-refractivity contribution in [2.24, 2.45) is 0 Å². The number of nitrogens with one attached hydrogen (secondary N) is 3. The van der Waals surface area contributed by atoms with E-state index in [1.807, 2.05) is 67.6 Å². The molecule has 5 aromatic carbocycles. The Morgan fingerprint density at radius 1 is 0.692 bits per heavy atom. The molecule has 0 aliphatic carbocycles. The predicted octanol–water partition coefficient (Wildman–Crippen LogP) is 7.99. The molecule has 0 saturated heterocycles. The molecular weight excluding hydrogens is 679 g/mol. The van der Waals surface area contributed by atoms with Gasteiger partial charge in [-0.3, -0.25) is 14.4 Å². The summed E-state index contributed by atoms with van der Waals surface area (Å²) in [6, 6.07) is 35.8. The zero-order valence-corrected chi connectivity index (χ0v) is 30.0. The van der Waals surface area contributed by atoms with Crippen molar-refractivity contribution < 1.29 is 33.3 Å². The predicted molar refractivity (Wildman–Crippen MR) is 204 cm³/mol. The molecule has 1 atom stereocenters. The first-order chi connectivity index (χ1) is 25.3. The average Bonchev–Trinajstić information content (AvgIpc) is 3.18. The molecule has 0 aromatic heterocycles. The SMILES string of the molecule is CCOc1ccccc1NC(=O)C(Sc1ccc(NC(=O)/C(=C/c2cc(OC)c(OC)cc2OC)NC(=O)c2ccccc2)cc1)c1ccccc1. The second kappa shape index (κ2) is 18.2. The second-order valence-corrected chi connectivity index (χ2v) is 12.3. The summed E-state index contributed by atoms with van der Waals surface area (Å²) >= 11 is 1.37. The maximum absolute atomic E-state index is 13.8. The van der Waals surface area contributed by atoms with Gasteiger partial charge in [-0.15, -0.1) is 11.8 Å². The number of carbonyl (C=O) groups excluding carboxylic acids is 3. The molecule has 0 spiro atoms. The molecule has 1 unspecified atom stereocenters. The molecule has 0 heterocycles. The number of carbonyl (C=O) groups is 3. The molecular formula is C41H39N3O7S. The van der Waals surface area contributed by atoms with E-state index in [0.717, 1.165) is 10.5 Å². The smallest absolute Gasteiger partial charge is 0.272 e. The molecule has 11 heteroatoms. The van der Waals surface area contributed by atoms with Gasteiger partial charge in [0.1, 0.15) is 22.4 Å². The van der Waals surface area contributed by atoms with E-state index in [1.165, 1.54) is 39.2 Å². The van der Waals surface area contributed by atoms with Crippen molar-refractivity contribution in [3.63, 3.8) is 0 Å². The van der Waals surface area contributed by atoms with Gasteiger partial charge in [-0.05, 0) is 73.2 Å². The van der Waals surface area contributed by atoms with Gasteiger partial charge in [0.15, 0.2) is 11.5 Å². The van der Waals surface area contributed by atoms with Gasteiger partial charge in [0.2, 0.25) is 5.91 Å². The van der Waals surface area contributed by atoms with E-state index in [2.05, 4.69) is 16.0 Å². The van der Waals surface area contributed by atoms with Crippen LogP contribution in [0.2, 0.25) is 0 Å². The first kappa shape index (κ1) is 37.1. The molecule has 52 heavy (non-hydrogen) atoms. The van der Waals surface area contributed by atoms with Crippen molar-refractivity contribution in [1.29, 1.82) is 0 Å². The van der Waals surface area contributed by atoms with Crippen molar-refractivity contribution in [3.05, 3.63) is 144 Å². The first-order valence-corrected chi connectivity index (χ1v) is 17.2. The van der Waals surface area contributed by atoms with Gasteiger partial charge in [0.05, 0.1) is 33.6 Å². The molecule has 0 bridgehead atoms. The second-order valence-electron chi connectivity index (χ2n) is 11.1. The fourth-order valence-corrected chi connectivity index (χ4v) is 6.19. The molecule has 266 valence electrons. The summed E-state index contributed by atoms with van der Waals surface area (Å²) in [6.45, 7) is 2.36. The van der Waals surface area contributed by atoms with Crippen LogP contribution in [0.15, 0.2) is 132 Å². The van der Waals surface area contributed by atoms with Crippen LogP contribution >= 0.6 is 11.8 Å². The monoisotopic (exact) mass is 717 g/mol. The number of thioether (sulfide) groups is 1. The Bertz CT molecular complexity index is 2020. The van der Waals surface area contributed by atoms with E-state index in [4.69, 9.17) is 18.9 Å². The van der Waals surface area contributed by atoms with Crippen molar-refractivity contribution in [3.8, 4) is 23.0 Å². The third-order valence-electron chi connectivity index (χ3n) is 7.72. The quantitative estimate of drug-likeness (QED) is 0.0736. The van der Waals surface area contributed by atoms with Crippen LogP contribution in [0.5, 0.6) is 23.0 Å².